The molecule has 1 fully saturated rings. The zero-order chi connectivity index (χ0) is 12.5. The lowest BCUT2D eigenvalue weighted by atomic mass is 9.93. The number of carbonyl (C=O) groups is 2. The smallest absolute Gasteiger partial charge is 0.305 e. The van der Waals surface area contributed by atoms with E-state index in [1.807, 2.05) is 6.92 Å². The van der Waals surface area contributed by atoms with Crippen LogP contribution in [0.2, 0.25) is 0 Å². The van der Waals surface area contributed by atoms with Crippen LogP contribution in [0, 0.1) is 17.8 Å². The number of hydrogen-bond donors (Lipinski definition) is 0. The molecule has 1 aliphatic carbocycles. The van der Waals surface area contributed by atoms with E-state index >= 15 is 0 Å². The van der Waals surface area contributed by atoms with Crippen molar-refractivity contribution < 1.29 is 19.1 Å². The molecular formula is C12H20O4. The minimum absolute atomic E-state index is 0.0234. The van der Waals surface area contributed by atoms with Gasteiger partial charge in [-0.25, -0.2) is 0 Å². The summed E-state index contributed by atoms with van der Waals surface area (Å²) in [5.41, 5.74) is 0. The average Bonchev–Trinajstić information content (AvgIpc) is 2.29. The summed E-state index contributed by atoms with van der Waals surface area (Å²) in [6, 6.07) is 0. The van der Waals surface area contributed by atoms with Crippen LogP contribution < -0.4 is 0 Å². The maximum atomic E-state index is 11.1. The van der Waals surface area contributed by atoms with Gasteiger partial charge in [0.15, 0.2) is 0 Å². The molecule has 0 N–H and O–H groups in total. The summed E-state index contributed by atoms with van der Waals surface area (Å²) >= 11 is 0. The Morgan fingerprint density at radius 3 is 1.75 bits per heavy atom. The minimum Gasteiger partial charge on any atom is -0.422 e. The monoisotopic (exact) mass is 228 g/mol. The number of rotatable bonds is 2. The highest BCUT2D eigenvalue weighted by Crippen LogP contribution is 2.47. The average molecular weight is 228 g/mol. The first kappa shape index (κ1) is 13.0. The van der Waals surface area contributed by atoms with Gasteiger partial charge < -0.3 is 9.47 Å². The van der Waals surface area contributed by atoms with Crippen molar-refractivity contribution in [3.63, 3.8) is 0 Å². The predicted molar refractivity (Wildman–Crippen MR) is 58.4 cm³/mol. The highest BCUT2D eigenvalue weighted by atomic mass is 16.7. The fourth-order valence-corrected chi connectivity index (χ4v) is 2.49. The highest BCUT2D eigenvalue weighted by Gasteiger charge is 2.53. The van der Waals surface area contributed by atoms with E-state index in [0.29, 0.717) is 18.3 Å². The van der Waals surface area contributed by atoms with E-state index in [1.165, 1.54) is 13.8 Å². The molecule has 0 heterocycles. The van der Waals surface area contributed by atoms with Crippen LogP contribution in [0.15, 0.2) is 0 Å². The molecule has 1 rings (SSSR count). The molecule has 0 aliphatic heterocycles. The molecule has 1 saturated carbocycles. The maximum Gasteiger partial charge on any atom is 0.305 e. The lowest BCUT2D eigenvalue weighted by Gasteiger charge is -2.32. The minimum atomic E-state index is -1.06. The summed E-state index contributed by atoms with van der Waals surface area (Å²) in [6.45, 7) is 8.80. The molecule has 0 saturated heterocycles. The van der Waals surface area contributed by atoms with E-state index in [4.69, 9.17) is 9.47 Å². The maximum absolute atomic E-state index is 11.1. The van der Waals surface area contributed by atoms with Gasteiger partial charge >= 0.3 is 11.9 Å². The summed E-state index contributed by atoms with van der Waals surface area (Å²) < 4.78 is 10.6. The molecule has 16 heavy (non-hydrogen) atoms. The van der Waals surface area contributed by atoms with Crippen molar-refractivity contribution in [2.24, 2.45) is 17.8 Å². The lowest BCUT2D eigenvalue weighted by molar-refractivity contribution is -0.239. The van der Waals surface area contributed by atoms with Gasteiger partial charge in [0, 0.05) is 26.2 Å². The fraction of sp³-hybridized carbons (Fsp3) is 0.833. The zero-order valence-electron chi connectivity index (χ0n) is 10.6. The van der Waals surface area contributed by atoms with Crippen molar-refractivity contribution in [1.82, 2.24) is 0 Å². The second kappa shape index (κ2) is 4.44. The van der Waals surface area contributed by atoms with Gasteiger partial charge in [-0.2, -0.15) is 0 Å². The molecule has 0 aromatic carbocycles. The van der Waals surface area contributed by atoms with E-state index in [9.17, 15) is 9.59 Å². The van der Waals surface area contributed by atoms with Crippen LogP contribution in [0.4, 0.5) is 0 Å². The Hall–Kier alpha value is -1.06. The molecule has 0 bridgehead atoms. The van der Waals surface area contributed by atoms with Crippen molar-refractivity contribution in [1.29, 1.82) is 0 Å². The van der Waals surface area contributed by atoms with E-state index in [-0.39, 0.29) is 5.92 Å². The van der Waals surface area contributed by atoms with E-state index < -0.39 is 17.7 Å². The largest absolute Gasteiger partial charge is 0.422 e. The second-order valence-electron chi connectivity index (χ2n) is 4.83. The van der Waals surface area contributed by atoms with Crippen LogP contribution in [-0.4, -0.2) is 17.7 Å². The number of carbonyl (C=O) groups excluding carboxylic acids is 2. The zero-order valence-corrected chi connectivity index (χ0v) is 10.6. The van der Waals surface area contributed by atoms with Crippen LogP contribution in [0.3, 0.4) is 0 Å². The first-order chi connectivity index (χ1) is 7.28. The van der Waals surface area contributed by atoms with E-state index in [0.717, 1.165) is 0 Å². The highest BCUT2D eigenvalue weighted by molar-refractivity contribution is 5.69. The number of esters is 2. The molecule has 0 aromatic heterocycles. The SMILES string of the molecule is CC(=O)OC1(OC(C)=O)CC(C)C(C)C1C. The van der Waals surface area contributed by atoms with Crippen molar-refractivity contribution >= 4 is 11.9 Å². The first-order valence-corrected chi connectivity index (χ1v) is 5.67. The molecule has 92 valence electrons. The molecule has 4 heteroatoms. The Morgan fingerprint density at radius 2 is 1.50 bits per heavy atom. The van der Waals surface area contributed by atoms with E-state index in [1.54, 1.807) is 0 Å². The molecule has 1 aliphatic rings. The Morgan fingerprint density at radius 1 is 1.06 bits per heavy atom. The quantitative estimate of drug-likeness (QED) is 0.536. The summed E-state index contributed by atoms with van der Waals surface area (Å²) in [4.78, 5) is 22.3. The van der Waals surface area contributed by atoms with Crippen molar-refractivity contribution in [3.8, 4) is 0 Å². The predicted octanol–water partition coefficient (Wildman–Crippen LogP) is 2.12. The molecule has 0 spiro atoms. The molecule has 3 atom stereocenters. The van der Waals surface area contributed by atoms with Crippen LogP contribution in [0.1, 0.15) is 41.0 Å². The number of hydrogen-bond acceptors (Lipinski definition) is 4. The van der Waals surface area contributed by atoms with Crippen LogP contribution >= 0.6 is 0 Å². The molecule has 0 radical (unpaired) electrons. The standard InChI is InChI=1S/C12H20O4/c1-7-6-12(15-10(4)13,16-11(5)14)9(3)8(7)2/h7-9H,6H2,1-5H3. The first-order valence-electron chi connectivity index (χ1n) is 5.67. The van der Waals surface area contributed by atoms with Crippen LogP contribution in [0.5, 0.6) is 0 Å². The van der Waals surface area contributed by atoms with Gasteiger partial charge in [0.25, 0.3) is 5.79 Å². The van der Waals surface area contributed by atoms with Crippen LogP contribution in [-0.2, 0) is 19.1 Å². The normalized spacial score (nSPS) is 32.2. The van der Waals surface area contributed by atoms with Crippen molar-refractivity contribution in [2.75, 3.05) is 0 Å². The summed E-state index contributed by atoms with van der Waals surface area (Å²) in [5.74, 6) is -1.12. The van der Waals surface area contributed by atoms with Gasteiger partial charge in [-0.3, -0.25) is 9.59 Å². The molecular weight excluding hydrogens is 208 g/mol. The van der Waals surface area contributed by atoms with Crippen molar-refractivity contribution in [2.45, 2.75) is 46.8 Å². The van der Waals surface area contributed by atoms with Crippen molar-refractivity contribution in [3.05, 3.63) is 0 Å². The Balaban J connectivity index is 2.95. The van der Waals surface area contributed by atoms with Gasteiger partial charge in [-0.15, -0.1) is 0 Å². The van der Waals surface area contributed by atoms with Gasteiger partial charge in [0.2, 0.25) is 0 Å². The van der Waals surface area contributed by atoms with E-state index in [2.05, 4.69) is 13.8 Å². The summed E-state index contributed by atoms with van der Waals surface area (Å²) in [5, 5.41) is 0. The van der Waals surface area contributed by atoms with Gasteiger partial charge in [0.1, 0.15) is 0 Å². The summed E-state index contributed by atoms with van der Waals surface area (Å²) in [7, 11) is 0. The van der Waals surface area contributed by atoms with Gasteiger partial charge in [-0.1, -0.05) is 20.8 Å². The van der Waals surface area contributed by atoms with Gasteiger partial charge in [0.05, 0.1) is 0 Å². The molecule has 4 nitrogen and oxygen atoms in total. The third kappa shape index (κ3) is 2.36. The molecule has 0 amide bonds. The summed E-state index contributed by atoms with van der Waals surface area (Å²) in [6.07, 6.45) is 0.578. The Labute approximate surface area is 96.3 Å². The molecule has 3 unspecified atom stereocenters. The lowest BCUT2D eigenvalue weighted by Crippen LogP contribution is -2.42. The Kier molecular flexibility index (Phi) is 3.61. The second-order valence-corrected chi connectivity index (χ2v) is 4.83. The third-order valence-electron chi connectivity index (χ3n) is 3.62. The fourth-order valence-electron chi connectivity index (χ4n) is 2.49. The third-order valence-corrected chi connectivity index (χ3v) is 3.62. The van der Waals surface area contributed by atoms with Gasteiger partial charge in [-0.05, 0) is 11.8 Å². The topological polar surface area (TPSA) is 52.6 Å². The number of ether oxygens (including phenoxy) is 2. The van der Waals surface area contributed by atoms with Crippen LogP contribution in [0.25, 0.3) is 0 Å². The Bertz CT molecular complexity index is 281. The molecule has 0 aromatic rings.